The Bertz CT molecular complexity index is 381. The summed E-state index contributed by atoms with van der Waals surface area (Å²) in [6.07, 6.45) is 2.12. The fourth-order valence-corrected chi connectivity index (χ4v) is 0.938. The fourth-order valence-electron chi connectivity index (χ4n) is 0.938. The summed E-state index contributed by atoms with van der Waals surface area (Å²) in [4.78, 5) is 22.1. The number of ether oxygens (including phenoxy) is 2. The maximum Gasteiger partial charge on any atom is 0.331 e. The predicted octanol–water partition coefficient (Wildman–Crippen LogP) is 2.01. The van der Waals surface area contributed by atoms with E-state index in [4.69, 9.17) is 9.47 Å². The van der Waals surface area contributed by atoms with Gasteiger partial charge < -0.3 is 9.47 Å². The molecule has 0 aromatic carbocycles. The molecule has 0 aromatic heterocycles. The molecule has 0 radical (unpaired) electrons. The molecule has 4 nitrogen and oxygen atoms in total. The summed E-state index contributed by atoms with van der Waals surface area (Å²) in [5.74, 6) is 4.36. The maximum absolute atomic E-state index is 11.1. The van der Waals surface area contributed by atoms with Gasteiger partial charge in [-0.05, 0) is 27.7 Å². The van der Waals surface area contributed by atoms with Crippen molar-refractivity contribution in [2.24, 2.45) is 0 Å². The van der Waals surface area contributed by atoms with Crippen molar-refractivity contribution < 1.29 is 19.1 Å². The second-order valence-corrected chi connectivity index (χ2v) is 4.52. The molecule has 0 aromatic rings. The van der Waals surface area contributed by atoms with E-state index in [2.05, 4.69) is 25.0 Å². The van der Waals surface area contributed by atoms with E-state index >= 15 is 0 Å². The molecule has 4 heteroatoms. The molecule has 0 N–H and O–H groups in total. The minimum Gasteiger partial charge on any atom is -0.443 e. The molecule has 18 heavy (non-hydrogen) atoms. The number of carbonyl (C=O) groups excluding carboxylic acids is 2. The predicted molar refractivity (Wildman–Crippen MR) is 68.5 cm³/mol. The molecular formula is C14H18O4. The first-order valence-electron chi connectivity index (χ1n) is 5.37. The second-order valence-electron chi connectivity index (χ2n) is 4.52. The first-order valence-corrected chi connectivity index (χ1v) is 5.37. The molecule has 0 saturated carbocycles. The highest BCUT2D eigenvalue weighted by atomic mass is 16.6. The van der Waals surface area contributed by atoms with Gasteiger partial charge in [0.15, 0.2) is 11.2 Å². The SMILES string of the molecule is C=CC(=O)OC(C)(C)C#CC(C)(C)OC(=O)C=C. The third kappa shape index (κ3) is 6.54. The maximum atomic E-state index is 11.1. The van der Waals surface area contributed by atoms with Crippen LogP contribution in [0.5, 0.6) is 0 Å². The van der Waals surface area contributed by atoms with Gasteiger partial charge in [0.25, 0.3) is 0 Å². The van der Waals surface area contributed by atoms with Crippen LogP contribution in [0.15, 0.2) is 25.3 Å². The molecule has 0 saturated heterocycles. The zero-order valence-corrected chi connectivity index (χ0v) is 11.2. The molecule has 0 amide bonds. The van der Waals surface area contributed by atoms with Crippen molar-refractivity contribution in [3.63, 3.8) is 0 Å². The van der Waals surface area contributed by atoms with E-state index < -0.39 is 23.1 Å². The first-order chi connectivity index (χ1) is 8.12. The normalized spacial score (nSPS) is 10.7. The molecule has 98 valence electrons. The van der Waals surface area contributed by atoms with E-state index in [1.165, 1.54) is 0 Å². The summed E-state index contributed by atoms with van der Waals surface area (Å²) in [6.45, 7) is 13.1. The van der Waals surface area contributed by atoms with Gasteiger partial charge in [0.2, 0.25) is 0 Å². The average Bonchev–Trinajstić information content (AvgIpc) is 2.25. The molecule has 0 aliphatic rings. The van der Waals surface area contributed by atoms with Crippen LogP contribution in [0.1, 0.15) is 27.7 Å². The zero-order valence-electron chi connectivity index (χ0n) is 11.2. The summed E-state index contributed by atoms with van der Waals surface area (Å²) in [7, 11) is 0. The van der Waals surface area contributed by atoms with Crippen LogP contribution >= 0.6 is 0 Å². The lowest BCUT2D eigenvalue weighted by molar-refractivity contribution is -0.147. The summed E-state index contributed by atoms with van der Waals surface area (Å²) >= 11 is 0. The molecular weight excluding hydrogens is 232 g/mol. The fraction of sp³-hybridized carbons (Fsp3) is 0.429. The Morgan fingerprint density at radius 1 is 0.889 bits per heavy atom. The lowest BCUT2D eigenvalue weighted by atomic mass is 10.1. The number of rotatable bonds is 4. The van der Waals surface area contributed by atoms with E-state index in [0.29, 0.717) is 0 Å². The van der Waals surface area contributed by atoms with Gasteiger partial charge in [-0.15, -0.1) is 0 Å². The van der Waals surface area contributed by atoms with Gasteiger partial charge >= 0.3 is 11.9 Å². The Hall–Kier alpha value is -2.02. The first kappa shape index (κ1) is 16.0. The Morgan fingerprint density at radius 3 is 1.39 bits per heavy atom. The number of hydrogen-bond donors (Lipinski definition) is 0. The summed E-state index contributed by atoms with van der Waals surface area (Å²) < 4.78 is 10.0. The van der Waals surface area contributed by atoms with Crippen molar-refractivity contribution in [3.05, 3.63) is 25.3 Å². The largest absolute Gasteiger partial charge is 0.443 e. The smallest absolute Gasteiger partial charge is 0.331 e. The Kier molecular flexibility index (Phi) is 5.38. The van der Waals surface area contributed by atoms with Gasteiger partial charge in [-0.1, -0.05) is 25.0 Å². The minimum atomic E-state index is -0.983. The average molecular weight is 250 g/mol. The van der Waals surface area contributed by atoms with Crippen molar-refractivity contribution in [1.29, 1.82) is 0 Å². The van der Waals surface area contributed by atoms with E-state index in [0.717, 1.165) is 12.2 Å². The molecule has 0 rings (SSSR count). The van der Waals surface area contributed by atoms with E-state index in [-0.39, 0.29) is 0 Å². The summed E-state index contributed by atoms with van der Waals surface area (Å²) in [5, 5.41) is 0. The molecule has 0 atom stereocenters. The van der Waals surface area contributed by atoms with Gasteiger partial charge in [-0.2, -0.15) is 0 Å². The summed E-state index contributed by atoms with van der Waals surface area (Å²) in [5.41, 5.74) is -1.97. The van der Waals surface area contributed by atoms with Crippen molar-refractivity contribution in [1.82, 2.24) is 0 Å². The number of hydrogen-bond acceptors (Lipinski definition) is 4. The van der Waals surface area contributed by atoms with Gasteiger partial charge in [-0.25, -0.2) is 9.59 Å². The van der Waals surface area contributed by atoms with Crippen molar-refractivity contribution in [2.45, 2.75) is 38.9 Å². The summed E-state index contributed by atoms with van der Waals surface area (Å²) in [6, 6.07) is 0. The zero-order chi connectivity index (χ0) is 14.4. The molecule has 0 spiro atoms. The molecule has 0 heterocycles. The Morgan fingerprint density at radius 2 is 1.17 bits per heavy atom. The van der Waals surface area contributed by atoms with Crippen LogP contribution in [0, 0.1) is 11.8 Å². The Labute approximate surface area is 108 Å². The van der Waals surface area contributed by atoms with Gasteiger partial charge in [0.05, 0.1) is 0 Å². The van der Waals surface area contributed by atoms with Crippen LogP contribution in [0.2, 0.25) is 0 Å². The van der Waals surface area contributed by atoms with Crippen LogP contribution in [0.3, 0.4) is 0 Å². The quantitative estimate of drug-likeness (QED) is 0.435. The van der Waals surface area contributed by atoms with Gasteiger partial charge in [-0.3, -0.25) is 0 Å². The van der Waals surface area contributed by atoms with Crippen molar-refractivity contribution in [3.8, 4) is 11.8 Å². The van der Waals surface area contributed by atoms with Crippen LogP contribution in [0.25, 0.3) is 0 Å². The third-order valence-electron chi connectivity index (χ3n) is 1.71. The minimum absolute atomic E-state index is 0.560. The van der Waals surface area contributed by atoms with Crippen LogP contribution < -0.4 is 0 Å². The highest BCUT2D eigenvalue weighted by molar-refractivity contribution is 5.82. The lowest BCUT2D eigenvalue weighted by Gasteiger charge is -2.21. The standard InChI is InChI=1S/C14H18O4/c1-7-11(15)17-13(3,4)9-10-14(5,6)18-12(16)8-2/h7-8H,1-2H2,3-6H3. The topological polar surface area (TPSA) is 52.6 Å². The van der Waals surface area contributed by atoms with Crippen molar-refractivity contribution >= 4 is 11.9 Å². The molecule has 0 unspecified atom stereocenters. The third-order valence-corrected chi connectivity index (χ3v) is 1.71. The van der Waals surface area contributed by atoms with E-state index in [1.807, 2.05) is 0 Å². The number of esters is 2. The monoisotopic (exact) mass is 250 g/mol. The van der Waals surface area contributed by atoms with Gasteiger partial charge in [0.1, 0.15) is 0 Å². The number of carbonyl (C=O) groups is 2. The van der Waals surface area contributed by atoms with Gasteiger partial charge in [0, 0.05) is 12.2 Å². The molecule has 0 bridgehead atoms. The van der Waals surface area contributed by atoms with Crippen LogP contribution in [0.4, 0.5) is 0 Å². The highest BCUT2D eigenvalue weighted by Gasteiger charge is 2.22. The van der Waals surface area contributed by atoms with E-state index in [1.54, 1.807) is 27.7 Å². The van der Waals surface area contributed by atoms with E-state index in [9.17, 15) is 9.59 Å². The van der Waals surface area contributed by atoms with Crippen LogP contribution in [-0.4, -0.2) is 23.1 Å². The highest BCUT2D eigenvalue weighted by Crippen LogP contribution is 2.12. The molecule has 0 aliphatic carbocycles. The lowest BCUT2D eigenvalue weighted by Crippen LogP contribution is -2.29. The van der Waals surface area contributed by atoms with Crippen LogP contribution in [-0.2, 0) is 19.1 Å². The van der Waals surface area contributed by atoms with Crippen molar-refractivity contribution in [2.75, 3.05) is 0 Å². The Balaban J connectivity index is 4.81. The second kappa shape index (κ2) is 6.06. The molecule has 0 aliphatic heterocycles. The molecule has 0 fully saturated rings.